The normalized spacial score (nSPS) is 10.4. The van der Waals surface area contributed by atoms with E-state index < -0.39 is 0 Å². The monoisotopic (exact) mass is 294 g/mol. The van der Waals surface area contributed by atoms with Crippen LogP contribution in [-0.2, 0) is 11.3 Å². The van der Waals surface area contributed by atoms with Crippen molar-refractivity contribution >= 4 is 28.1 Å². The Hall–Kier alpha value is -2.19. The van der Waals surface area contributed by atoms with Crippen LogP contribution in [-0.4, -0.2) is 29.2 Å². The number of methoxy groups -OCH3 is 1. The van der Waals surface area contributed by atoms with Crippen LogP contribution in [0.25, 0.3) is 0 Å². The second-order valence-corrected chi connectivity index (χ2v) is 4.86. The molecule has 0 saturated carbocycles. The van der Waals surface area contributed by atoms with Crippen LogP contribution in [0, 0.1) is 0 Å². The van der Waals surface area contributed by atoms with E-state index in [2.05, 4.69) is 10.3 Å². The lowest BCUT2D eigenvalue weighted by molar-refractivity contribution is 0.102. The van der Waals surface area contributed by atoms with Gasteiger partial charge in [-0.25, -0.2) is 4.98 Å². The molecule has 0 aromatic carbocycles. The number of thiazole rings is 1. The maximum Gasteiger partial charge on any atom is 0.275 e. The molecule has 2 aromatic rings. The predicted molar refractivity (Wildman–Crippen MR) is 77.1 cm³/mol. The Labute approximate surface area is 119 Å². The van der Waals surface area contributed by atoms with E-state index in [0.29, 0.717) is 24.0 Å². The minimum Gasteiger partial charge on any atom is -0.383 e. The number of pyridine rings is 1. The number of hydrogen-bond donors (Lipinski definition) is 2. The van der Waals surface area contributed by atoms with Gasteiger partial charge in [-0.2, -0.15) is 0 Å². The van der Waals surface area contributed by atoms with E-state index in [4.69, 9.17) is 10.5 Å². The largest absolute Gasteiger partial charge is 0.383 e. The number of ether oxygens (including phenoxy) is 1. The number of carbonyl (C=O) groups is 1. The second kappa shape index (κ2) is 6.31. The third-order valence-corrected chi connectivity index (χ3v) is 3.21. The Balaban J connectivity index is 2.13. The Morgan fingerprint density at radius 3 is 3.00 bits per heavy atom. The van der Waals surface area contributed by atoms with Gasteiger partial charge in [-0.3, -0.25) is 9.59 Å². The number of aromatic nitrogens is 2. The lowest BCUT2D eigenvalue weighted by atomic mass is 10.3. The SMILES string of the molecule is COCCn1cc(NC(=O)c2csc(N)n2)ccc1=O. The molecular formula is C12H14N4O3S. The predicted octanol–water partition coefficient (Wildman–Crippen LogP) is 0.786. The second-order valence-electron chi connectivity index (χ2n) is 3.97. The zero-order valence-electron chi connectivity index (χ0n) is 10.8. The van der Waals surface area contributed by atoms with E-state index >= 15 is 0 Å². The molecule has 2 aromatic heterocycles. The molecule has 0 bridgehead atoms. The maximum atomic E-state index is 11.9. The average molecular weight is 294 g/mol. The van der Waals surface area contributed by atoms with Gasteiger partial charge in [0.2, 0.25) is 0 Å². The van der Waals surface area contributed by atoms with Crippen LogP contribution < -0.4 is 16.6 Å². The highest BCUT2D eigenvalue weighted by atomic mass is 32.1. The summed E-state index contributed by atoms with van der Waals surface area (Å²) in [6.07, 6.45) is 1.56. The Bertz CT molecular complexity index is 665. The molecule has 0 fully saturated rings. The van der Waals surface area contributed by atoms with Crippen LogP contribution in [0.2, 0.25) is 0 Å². The van der Waals surface area contributed by atoms with Crippen molar-refractivity contribution in [2.24, 2.45) is 0 Å². The zero-order chi connectivity index (χ0) is 14.5. The summed E-state index contributed by atoms with van der Waals surface area (Å²) in [4.78, 5) is 27.4. The van der Waals surface area contributed by atoms with Crippen LogP contribution in [0.3, 0.4) is 0 Å². The van der Waals surface area contributed by atoms with Gasteiger partial charge in [0.05, 0.1) is 12.3 Å². The first-order valence-corrected chi connectivity index (χ1v) is 6.70. The number of rotatable bonds is 5. The quantitative estimate of drug-likeness (QED) is 0.849. The molecule has 0 aliphatic carbocycles. The van der Waals surface area contributed by atoms with E-state index in [9.17, 15) is 9.59 Å². The highest BCUT2D eigenvalue weighted by Gasteiger charge is 2.10. The average Bonchev–Trinajstić information content (AvgIpc) is 2.86. The van der Waals surface area contributed by atoms with Gasteiger partial charge in [0, 0.05) is 31.3 Å². The van der Waals surface area contributed by atoms with Crippen molar-refractivity contribution in [2.45, 2.75) is 6.54 Å². The number of carbonyl (C=O) groups excluding carboxylic acids is 1. The maximum absolute atomic E-state index is 11.9. The first-order valence-electron chi connectivity index (χ1n) is 5.82. The zero-order valence-corrected chi connectivity index (χ0v) is 11.6. The van der Waals surface area contributed by atoms with Crippen molar-refractivity contribution in [3.8, 4) is 0 Å². The third-order valence-electron chi connectivity index (χ3n) is 2.53. The summed E-state index contributed by atoms with van der Waals surface area (Å²) in [5, 5.41) is 4.57. The molecule has 0 spiro atoms. The fourth-order valence-corrected chi connectivity index (χ4v) is 2.10. The van der Waals surface area contributed by atoms with E-state index in [1.807, 2.05) is 0 Å². The molecule has 0 aliphatic heterocycles. The van der Waals surface area contributed by atoms with Crippen molar-refractivity contribution < 1.29 is 9.53 Å². The number of anilines is 2. The van der Waals surface area contributed by atoms with Gasteiger partial charge in [0.25, 0.3) is 11.5 Å². The highest BCUT2D eigenvalue weighted by Crippen LogP contribution is 2.13. The molecule has 0 saturated heterocycles. The van der Waals surface area contributed by atoms with Gasteiger partial charge in [-0.05, 0) is 6.07 Å². The molecule has 7 nitrogen and oxygen atoms in total. The summed E-state index contributed by atoms with van der Waals surface area (Å²) in [5.41, 5.74) is 6.09. The molecule has 8 heteroatoms. The molecule has 106 valence electrons. The molecule has 20 heavy (non-hydrogen) atoms. The topological polar surface area (TPSA) is 99.2 Å². The Morgan fingerprint density at radius 2 is 2.35 bits per heavy atom. The van der Waals surface area contributed by atoms with Crippen LogP contribution in [0.4, 0.5) is 10.8 Å². The first kappa shape index (κ1) is 14.2. The Kier molecular flexibility index (Phi) is 4.49. The third kappa shape index (κ3) is 3.43. The van der Waals surface area contributed by atoms with Crippen LogP contribution in [0.5, 0.6) is 0 Å². The van der Waals surface area contributed by atoms with E-state index in [1.54, 1.807) is 24.8 Å². The number of nitrogens with one attached hydrogen (secondary N) is 1. The summed E-state index contributed by atoms with van der Waals surface area (Å²) in [5.74, 6) is -0.366. The van der Waals surface area contributed by atoms with Gasteiger partial charge >= 0.3 is 0 Å². The number of nitrogens with zero attached hydrogens (tertiary/aromatic N) is 2. The molecule has 0 aliphatic rings. The van der Waals surface area contributed by atoms with E-state index in [-0.39, 0.29) is 17.2 Å². The summed E-state index contributed by atoms with van der Waals surface area (Å²) in [6, 6.07) is 2.93. The van der Waals surface area contributed by atoms with Crippen LogP contribution in [0.1, 0.15) is 10.5 Å². The smallest absolute Gasteiger partial charge is 0.275 e. The van der Waals surface area contributed by atoms with Gasteiger partial charge in [0.1, 0.15) is 5.69 Å². The fraction of sp³-hybridized carbons (Fsp3) is 0.250. The number of hydrogen-bond acceptors (Lipinski definition) is 6. The van der Waals surface area contributed by atoms with Crippen molar-refractivity contribution in [3.05, 3.63) is 39.8 Å². The van der Waals surface area contributed by atoms with Gasteiger partial charge in [-0.15, -0.1) is 11.3 Å². The summed E-state index contributed by atoms with van der Waals surface area (Å²) in [6.45, 7) is 0.836. The minimum absolute atomic E-state index is 0.155. The molecular weight excluding hydrogens is 280 g/mol. The molecule has 0 atom stereocenters. The first-order chi connectivity index (χ1) is 9.60. The van der Waals surface area contributed by atoms with Crippen LogP contribution in [0.15, 0.2) is 28.5 Å². The molecule has 2 heterocycles. The lowest BCUT2D eigenvalue weighted by Crippen LogP contribution is -2.22. The van der Waals surface area contributed by atoms with Crippen molar-refractivity contribution in [3.63, 3.8) is 0 Å². The van der Waals surface area contributed by atoms with Gasteiger partial charge < -0.3 is 20.4 Å². The minimum atomic E-state index is -0.366. The highest BCUT2D eigenvalue weighted by molar-refractivity contribution is 7.13. The Morgan fingerprint density at radius 1 is 1.55 bits per heavy atom. The molecule has 2 rings (SSSR count). The molecule has 0 unspecified atom stereocenters. The fourth-order valence-electron chi connectivity index (χ4n) is 1.56. The number of nitrogen functional groups attached to an aromatic ring is 1. The van der Waals surface area contributed by atoms with E-state index in [0.717, 1.165) is 0 Å². The summed E-state index contributed by atoms with van der Waals surface area (Å²) < 4.78 is 6.39. The van der Waals surface area contributed by atoms with Gasteiger partial charge in [-0.1, -0.05) is 0 Å². The summed E-state index contributed by atoms with van der Waals surface area (Å²) >= 11 is 1.19. The molecule has 1 amide bonds. The van der Waals surface area contributed by atoms with Crippen molar-refractivity contribution in [1.29, 1.82) is 0 Å². The number of nitrogens with two attached hydrogens (primary N) is 1. The van der Waals surface area contributed by atoms with Gasteiger partial charge in [0.15, 0.2) is 5.13 Å². The molecule has 0 radical (unpaired) electrons. The van der Waals surface area contributed by atoms with Crippen molar-refractivity contribution in [1.82, 2.24) is 9.55 Å². The van der Waals surface area contributed by atoms with E-state index in [1.165, 1.54) is 22.0 Å². The summed E-state index contributed by atoms with van der Waals surface area (Å²) in [7, 11) is 1.56. The standard InChI is InChI=1S/C12H14N4O3S/c1-19-5-4-16-6-8(2-3-10(16)17)14-11(18)9-7-20-12(13)15-9/h2-3,6-7H,4-5H2,1H3,(H2,13,15)(H,14,18). The van der Waals surface area contributed by atoms with Crippen molar-refractivity contribution in [2.75, 3.05) is 24.8 Å². The lowest BCUT2D eigenvalue weighted by Gasteiger charge is -2.08. The van der Waals surface area contributed by atoms with Crippen LogP contribution >= 0.6 is 11.3 Å². The number of amides is 1. The molecule has 3 N–H and O–H groups in total.